The van der Waals surface area contributed by atoms with E-state index in [1.54, 1.807) is 62.3 Å². The first-order chi connectivity index (χ1) is 40.1. The predicted molar refractivity (Wildman–Crippen MR) is 267 cm³/mol. The largest absolute Gasteiger partial charge is 0.393 e. The molecule has 6 rings (SSSR count). The van der Waals surface area contributed by atoms with Gasteiger partial charge in [0, 0.05) is 55.7 Å². The van der Waals surface area contributed by atoms with Crippen molar-refractivity contribution in [1.29, 1.82) is 0 Å². The van der Waals surface area contributed by atoms with Crippen LogP contribution in [0.15, 0.2) is 33.5 Å². The van der Waals surface area contributed by atoms with Crippen molar-refractivity contribution in [3.8, 4) is 0 Å². The molecule has 21 heteroatoms. The third kappa shape index (κ3) is 18.3. The van der Waals surface area contributed by atoms with Gasteiger partial charge in [-0.05, 0) is 137 Å². The molecular formula is C48H81N15O6. The summed E-state index contributed by atoms with van der Waals surface area (Å²) in [6.07, 6.45) is -27.6. The van der Waals surface area contributed by atoms with E-state index in [2.05, 4.69) is 60.8 Å². The van der Waals surface area contributed by atoms with Gasteiger partial charge in [-0.2, -0.15) is 0 Å². The van der Waals surface area contributed by atoms with Crippen molar-refractivity contribution < 1.29 is 58.5 Å². The minimum Gasteiger partial charge on any atom is -0.393 e. The normalized spacial score (nSPS) is 45.5. The molecule has 3 aromatic rings. The van der Waals surface area contributed by atoms with E-state index in [0.29, 0.717) is 0 Å². The molecule has 3 saturated carbocycles. The molecule has 15 unspecified atom stereocenters. The van der Waals surface area contributed by atoms with Crippen molar-refractivity contribution >= 4 is 35.6 Å². The molecule has 15 N–H and O–H groups in total. The Bertz CT molecular complexity index is 3300. The summed E-state index contributed by atoms with van der Waals surface area (Å²) in [5.41, 5.74) is 11.5. The van der Waals surface area contributed by atoms with Crippen LogP contribution in [0.5, 0.6) is 0 Å². The first-order valence-corrected chi connectivity index (χ1v) is 21.4. The number of anilines is 3. The highest BCUT2D eigenvalue weighted by Gasteiger charge is 2.28. The Labute approximate surface area is 435 Å². The fourth-order valence-corrected chi connectivity index (χ4v) is 5.50. The lowest BCUT2D eigenvalue weighted by Crippen LogP contribution is -2.34. The Kier molecular flexibility index (Phi) is 11.1. The van der Waals surface area contributed by atoms with Crippen LogP contribution < -0.4 is 49.6 Å². The number of carbonyl (C=O) groups excluding carboxylic acids is 3. The van der Waals surface area contributed by atoms with Crippen LogP contribution in [-0.4, -0.2) is 116 Å². The van der Waals surface area contributed by atoms with E-state index < -0.39 is 198 Å². The molecule has 3 aromatic heterocycles. The van der Waals surface area contributed by atoms with Gasteiger partial charge in [0.25, 0.3) is 17.7 Å². The molecule has 3 aliphatic carbocycles. The standard InChI is InChI=1S/3C16H27N5O2/c3*1-9-5-6-10(7-12(9)22)19-14-11(13(17)23)8-18-15(20-14)21-16(2,3)4/h3*8-10,12,22H,5-7H2,1-4H3,(H2,17,23)(H2,18,19,20,21)/i5D2,6D,7D,8D,9D,10D;5D,6D2,7D,8D,9D,10D;5D,6D,7D2,8D,9D,10D. The summed E-state index contributed by atoms with van der Waals surface area (Å²) in [6, 6.07) is -8.18. The number of aromatic nitrogens is 6. The van der Waals surface area contributed by atoms with E-state index in [1.807, 2.05) is 0 Å². The Balaban J connectivity index is 0.000000288. The van der Waals surface area contributed by atoms with Crippen molar-refractivity contribution in [3.05, 3.63) is 51.7 Å². The van der Waals surface area contributed by atoms with Gasteiger partial charge in [-0.1, -0.05) is 20.8 Å². The van der Waals surface area contributed by atoms with Gasteiger partial charge in [-0.25, -0.2) is 15.0 Å². The van der Waals surface area contributed by atoms with E-state index in [9.17, 15) is 29.7 Å². The first-order valence-electron chi connectivity index (χ1n) is 32.4. The highest BCUT2D eigenvalue weighted by atomic mass is 16.3. The SMILES string of the molecule is [2H]c1nc(NC(C)(C)C)[nH]c(=NC2([2H])C([2H])C(O)C([2H])(C)C([2H])([2H])C2[2H])c1C(N)=O.[2H]c1nc(NC(C)(C)C)[nH]c(=NC2([2H])C([2H])C(O)C([2H])(C)C([2H])C2([2H])[2H])c1C(N)=O.[2H]c1nc(NC(C)(C)C)[nH]c(=NC2([2H])C([2H])C([2H])C([2H])(C)C(O)C2([2H])[2H])c1C(N)=O. The zero-order chi connectivity index (χ0) is 70.3. The van der Waals surface area contributed by atoms with Gasteiger partial charge in [0.1, 0.15) is 16.5 Å². The number of aliphatic hydroxyl groups excluding tert-OH is 3. The number of nitrogens with one attached hydrogen (secondary N) is 6. The minimum absolute atomic E-state index is 0.00705. The molecule has 69 heavy (non-hydrogen) atoms. The van der Waals surface area contributed by atoms with Crippen LogP contribution in [0.3, 0.4) is 0 Å². The highest BCUT2D eigenvalue weighted by Crippen LogP contribution is 2.28. The summed E-state index contributed by atoms with van der Waals surface area (Å²) in [5, 5.41) is 39.9. The summed E-state index contributed by atoms with van der Waals surface area (Å²) < 4.78 is 173. The number of carbonyl (C=O) groups is 3. The third-order valence-corrected chi connectivity index (χ3v) is 8.85. The second-order valence-electron chi connectivity index (χ2n) is 18.9. The summed E-state index contributed by atoms with van der Waals surface area (Å²) in [6.45, 7) is 19.5. The van der Waals surface area contributed by atoms with Gasteiger partial charge in [0.2, 0.25) is 17.8 Å². The summed E-state index contributed by atoms with van der Waals surface area (Å²) >= 11 is 0. The Morgan fingerprint density at radius 1 is 0.580 bits per heavy atom. The van der Waals surface area contributed by atoms with Gasteiger partial charge in [0.05, 0.1) is 61.3 Å². The average Bonchev–Trinajstić information content (AvgIpc) is 0.730. The molecule has 3 fully saturated rings. The number of H-pyrrole nitrogens is 3. The molecule has 0 bridgehead atoms. The maximum atomic E-state index is 11.9. The molecule has 0 spiro atoms. The number of nitrogens with zero attached hydrogens (tertiary/aromatic N) is 6. The van der Waals surface area contributed by atoms with E-state index in [0.717, 1.165) is 20.8 Å². The quantitative estimate of drug-likeness (QED) is 0.147. The fraction of sp³-hybridized carbons (Fsp3) is 0.688. The van der Waals surface area contributed by atoms with Crippen molar-refractivity contribution in [2.75, 3.05) is 16.0 Å². The lowest BCUT2D eigenvalue weighted by molar-refractivity contribution is 0.0702. The van der Waals surface area contributed by atoms with Crippen molar-refractivity contribution in [1.82, 2.24) is 29.9 Å². The monoisotopic (exact) mass is 985 g/mol. The highest BCUT2D eigenvalue weighted by molar-refractivity contribution is 5.93. The van der Waals surface area contributed by atoms with Crippen LogP contribution in [0, 0.1) is 17.7 Å². The summed E-state index contributed by atoms with van der Waals surface area (Å²) in [7, 11) is 0. The number of aromatic amines is 3. The van der Waals surface area contributed by atoms with Crippen molar-refractivity contribution in [2.45, 2.75) is 194 Å². The van der Waals surface area contributed by atoms with Crippen LogP contribution in [0.25, 0.3) is 0 Å². The summed E-state index contributed by atoms with van der Waals surface area (Å²) in [4.78, 5) is 67.0. The number of hydrogen-bond donors (Lipinski definition) is 12. The first kappa shape index (κ1) is 32.3. The third-order valence-electron chi connectivity index (χ3n) is 8.85. The van der Waals surface area contributed by atoms with E-state index in [1.165, 1.54) is 0 Å². The van der Waals surface area contributed by atoms with Crippen molar-refractivity contribution in [3.63, 3.8) is 0 Å². The van der Waals surface area contributed by atoms with Gasteiger partial charge < -0.3 is 63.4 Å². The number of nitrogens with two attached hydrogens (primary N) is 3. The van der Waals surface area contributed by atoms with Crippen LogP contribution >= 0.6 is 0 Å². The molecule has 0 aromatic carbocycles. The maximum Gasteiger partial charge on any atom is 0.254 e. The molecule has 3 heterocycles. The zero-order valence-electron chi connectivity index (χ0n) is 61.7. The van der Waals surface area contributed by atoms with Crippen LogP contribution in [-0.2, 0) is 0 Å². The zero-order valence-corrected chi connectivity index (χ0v) is 40.7. The van der Waals surface area contributed by atoms with Gasteiger partial charge in [0.15, 0.2) is 0 Å². The molecule has 0 saturated heterocycles. The molecule has 21 nitrogen and oxygen atoms in total. The summed E-state index contributed by atoms with van der Waals surface area (Å²) in [5.74, 6) is -9.70. The number of aliphatic hydroxyl groups is 3. The number of amides is 3. The van der Waals surface area contributed by atoms with Gasteiger partial charge in [-0.3, -0.25) is 29.4 Å². The lowest BCUT2D eigenvalue weighted by Gasteiger charge is -2.28. The van der Waals surface area contributed by atoms with Crippen molar-refractivity contribution in [2.24, 2.45) is 49.9 Å². The second kappa shape index (κ2) is 23.8. The topological polar surface area (TPSA) is 349 Å². The predicted octanol–water partition coefficient (Wildman–Crippen LogP) is 3.51. The van der Waals surface area contributed by atoms with Gasteiger partial charge >= 0.3 is 0 Å². The van der Waals surface area contributed by atoms with E-state index >= 15 is 0 Å². The molecule has 3 amide bonds. The Morgan fingerprint density at radius 2 is 0.942 bits per heavy atom. The number of rotatable bonds is 9. The average molecular weight is 985 g/mol. The smallest absolute Gasteiger partial charge is 0.254 e. The van der Waals surface area contributed by atoms with Crippen LogP contribution in [0.4, 0.5) is 17.8 Å². The number of hydrogen-bond acceptors (Lipinski definition) is 15. The Morgan fingerprint density at radius 3 is 1.35 bits per heavy atom. The van der Waals surface area contributed by atoms with Crippen LogP contribution in [0.2, 0.25) is 0 Å². The van der Waals surface area contributed by atoms with Gasteiger partial charge in [-0.15, -0.1) is 0 Å². The molecule has 3 aliphatic rings. The lowest BCUT2D eigenvalue weighted by atomic mass is 9.85. The molecule has 0 radical (unpaired) electrons. The Hall–Kier alpha value is -5.67. The molecular weight excluding hydrogens is 883 g/mol. The molecule has 0 aliphatic heterocycles. The molecule has 15 atom stereocenters. The van der Waals surface area contributed by atoms with E-state index in [4.69, 9.17) is 46.0 Å². The minimum atomic E-state index is -2.93. The fourth-order valence-electron chi connectivity index (χ4n) is 5.50. The second-order valence-corrected chi connectivity index (χ2v) is 18.9. The number of primary amides is 3. The maximum absolute atomic E-state index is 11.9. The molecule has 384 valence electrons. The van der Waals surface area contributed by atoms with Crippen LogP contribution in [0.1, 0.15) is 200 Å². The van der Waals surface area contributed by atoms with E-state index in [-0.39, 0.29) is 17.8 Å².